The second-order valence-corrected chi connectivity index (χ2v) is 18.3. The summed E-state index contributed by atoms with van der Waals surface area (Å²) >= 11 is 0. The lowest BCUT2D eigenvalue weighted by molar-refractivity contribution is -0.263. The predicted molar refractivity (Wildman–Crippen MR) is 243 cm³/mol. The van der Waals surface area contributed by atoms with Crippen molar-refractivity contribution in [2.24, 2.45) is 35.5 Å². The molecule has 3 fully saturated rings. The number of hydrogen-bond donors (Lipinski definition) is 4. The first-order valence-electron chi connectivity index (χ1n) is 23.3. The molecule has 4 rings (SSSR count). The summed E-state index contributed by atoms with van der Waals surface area (Å²) in [5.41, 5.74) is 0.944. The van der Waals surface area contributed by atoms with Crippen LogP contribution >= 0.6 is 0 Å². The summed E-state index contributed by atoms with van der Waals surface area (Å²) in [5.74, 6) is -6.01. The summed E-state index contributed by atoms with van der Waals surface area (Å²) in [5, 5.41) is 36.1. The first kappa shape index (κ1) is 55.8. The topological polar surface area (TPSA) is 197 Å². The van der Waals surface area contributed by atoms with E-state index in [1.807, 2.05) is 64.2 Å². The molecule has 1 saturated carbocycles. The van der Waals surface area contributed by atoms with Crippen LogP contribution in [0.2, 0.25) is 0 Å². The summed E-state index contributed by atoms with van der Waals surface area (Å²) in [7, 11) is 3.59. The number of Topliss-reactive ketones (excluding diaryl/α,β-unsaturated/α-hetero) is 3. The number of amides is 1. The van der Waals surface area contributed by atoms with Crippen LogP contribution in [0.3, 0.4) is 0 Å². The average Bonchev–Trinajstić information content (AvgIpc) is 3.28. The van der Waals surface area contributed by atoms with Crippen LogP contribution in [0.25, 0.3) is 0 Å². The molecule has 4 N–H and O–H groups in total. The highest BCUT2D eigenvalue weighted by Gasteiger charge is 2.52. The summed E-state index contributed by atoms with van der Waals surface area (Å²) in [6.45, 7) is 11.6. The van der Waals surface area contributed by atoms with Gasteiger partial charge in [0, 0.05) is 58.5 Å². The third kappa shape index (κ3) is 17.2. The Morgan fingerprint density at radius 3 is 2.25 bits per heavy atom. The number of aliphatic hydroxyl groups excluding tert-OH is 3. The van der Waals surface area contributed by atoms with E-state index < -0.39 is 59.6 Å². The molecule has 4 aliphatic rings. The third-order valence-electron chi connectivity index (χ3n) is 13.3. The number of esters is 1. The lowest BCUT2D eigenvalue weighted by Gasteiger charge is -2.42. The molecular weight excluding hydrogens is 807 g/mol. The van der Waals surface area contributed by atoms with E-state index in [2.05, 4.69) is 13.0 Å². The molecule has 0 aromatic rings. The van der Waals surface area contributed by atoms with Crippen LogP contribution in [-0.4, -0.2) is 119 Å². The van der Waals surface area contributed by atoms with Gasteiger partial charge >= 0.3 is 5.97 Å². The molecule has 12 unspecified atom stereocenters. The number of ether oxygens (including phenoxy) is 3. The molecule has 13 heteroatoms. The van der Waals surface area contributed by atoms with Gasteiger partial charge in [-0.25, -0.2) is 4.79 Å². The highest BCUT2D eigenvalue weighted by Crippen LogP contribution is 2.37. The molecule has 0 aromatic heterocycles. The summed E-state index contributed by atoms with van der Waals surface area (Å²) in [4.78, 5) is 70.5. The fourth-order valence-electron chi connectivity index (χ4n) is 9.33. The Labute approximate surface area is 377 Å². The predicted octanol–water partition coefficient (Wildman–Crippen LogP) is 6.79. The average molecular weight is 888 g/mol. The summed E-state index contributed by atoms with van der Waals surface area (Å²) in [6, 6.07) is -1.06. The van der Waals surface area contributed by atoms with E-state index in [0.29, 0.717) is 70.6 Å². The maximum Gasteiger partial charge on any atom is 0.329 e. The first-order valence-corrected chi connectivity index (χ1v) is 23.3. The number of carbonyl (C=O) groups excluding carboxylic acids is 5. The zero-order valence-corrected chi connectivity index (χ0v) is 39.7. The third-order valence-corrected chi connectivity index (χ3v) is 13.3. The number of aliphatic hydroxyl groups is 4. The second kappa shape index (κ2) is 28.6. The van der Waals surface area contributed by atoms with Crippen LogP contribution in [0, 0.1) is 35.5 Å². The van der Waals surface area contributed by atoms with E-state index in [4.69, 9.17) is 24.4 Å². The van der Waals surface area contributed by atoms with Gasteiger partial charge in [-0.15, -0.1) is 0 Å². The highest BCUT2D eigenvalue weighted by molar-refractivity contribution is 6.39. The van der Waals surface area contributed by atoms with Crippen LogP contribution in [0.4, 0.5) is 0 Å². The van der Waals surface area contributed by atoms with Crippen LogP contribution in [-0.2, 0) is 38.2 Å². The van der Waals surface area contributed by atoms with Gasteiger partial charge in [0.05, 0.1) is 18.3 Å². The maximum atomic E-state index is 14.2. The molecule has 358 valence electrons. The number of nitrogens with zero attached hydrogens (tertiary/aromatic N) is 1. The zero-order chi connectivity index (χ0) is 47.3. The molecule has 0 radical (unpaired) electrons. The molecule has 0 spiro atoms. The largest absolute Gasteiger partial charge is 0.460 e. The number of allylic oxidation sites excluding steroid dienone is 8. The van der Waals surface area contributed by atoms with Crippen molar-refractivity contribution in [1.82, 2.24) is 4.90 Å². The number of methoxy groups -OCH3 is 1. The summed E-state index contributed by atoms with van der Waals surface area (Å²) in [6.07, 6.45) is 19.8. The van der Waals surface area contributed by atoms with Crippen molar-refractivity contribution in [3.05, 3.63) is 48.1 Å². The van der Waals surface area contributed by atoms with Gasteiger partial charge in [0.1, 0.15) is 23.7 Å². The van der Waals surface area contributed by atoms with Crippen LogP contribution in [0.5, 0.6) is 0 Å². The molecule has 2 saturated heterocycles. The first-order chi connectivity index (χ1) is 30.0. The number of hydrogen-bond acceptors (Lipinski definition) is 12. The number of ketones is 3. The molecule has 63 heavy (non-hydrogen) atoms. The van der Waals surface area contributed by atoms with Gasteiger partial charge < -0.3 is 39.5 Å². The van der Waals surface area contributed by atoms with Crippen molar-refractivity contribution in [2.75, 3.05) is 27.9 Å². The normalized spacial score (nSPS) is 36.7. The zero-order valence-electron chi connectivity index (χ0n) is 39.7. The maximum absolute atomic E-state index is 14.2. The van der Waals surface area contributed by atoms with Gasteiger partial charge in [0.15, 0.2) is 0 Å². The van der Waals surface area contributed by atoms with Crippen LogP contribution in [0.1, 0.15) is 138 Å². The number of carbonyl (C=O) groups is 5. The van der Waals surface area contributed by atoms with Gasteiger partial charge in [0.25, 0.3) is 11.7 Å². The van der Waals surface area contributed by atoms with E-state index in [1.54, 1.807) is 14.0 Å². The quantitative estimate of drug-likeness (QED) is 0.131. The SMILES string of the molecule is CO.CO.COC1CC(CC(C)C2CC(=O)C(C)/C=C(\C)CCC(=O)C(C)CC(C)/C=C/C=C/C=C/CCC3CCC(C)C(O)(O3)C(=O)C(=O)N3CCCCC3C(=O)O2)CCC1O. The van der Waals surface area contributed by atoms with Crippen molar-refractivity contribution in [3.63, 3.8) is 0 Å². The van der Waals surface area contributed by atoms with E-state index in [1.165, 1.54) is 4.90 Å². The molecular formula is C50H81NO12. The molecule has 1 aliphatic carbocycles. The van der Waals surface area contributed by atoms with Gasteiger partial charge in [-0.1, -0.05) is 82.7 Å². The number of fused-ring (bicyclic) bond motifs is 3. The Morgan fingerprint density at radius 1 is 0.857 bits per heavy atom. The minimum atomic E-state index is -2.32. The van der Waals surface area contributed by atoms with Gasteiger partial charge in [-0.3, -0.25) is 19.2 Å². The highest BCUT2D eigenvalue weighted by atomic mass is 16.6. The number of piperidine rings is 1. The Hall–Kier alpha value is -3.33. The van der Waals surface area contributed by atoms with Crippen molar-refractivity contribution >= 4 is 29.2 Å². The Kier molecular flexibility index (Phi) is 25.3. The van der Waals surface area contributed by atoms with Crippen LogP contribution in [0.15, 0.2) is 48.1 Å². The fourth-order valence-corrected chi connectivity index (χ4v) is 9.33. The standard InChI is InChI=1S/C48H73NO10.2CH4O/c1-31-16-12-10-8-9-11-13-17-38-22-20-36(6)48(56,59-38)45(53)46(54)49-25-15-14-18-39(49)47(55)58-43(35(5)28-37-21-24-41(51)44(29-37)57-7)30-42(52)34(4)27-32(2)19-23-40(50)33(3)26-31;2*1-2/h8-12,16,27,31,33-39,41,43-44,51,56H,13-15,17-26,28-30H2,1-7H3;2*2H,1H3/b10-8+,11-9+,16-12+,32-27+;;. The molecule has 3 aliphatic heterocycles. The summed E-state index contributed by atoms with van der Waals surface area (Å²) < 4.78 is 17.9. The van der Waals surface area contributed by atoms with Gasteiger partial charge in [-0.2, -0.15) is 0 Å². The number of rotatable bonds is 4. The molecule has 12 atom stereocenters. The molecule has 3 heterocycles. The minimum Gasteiger partial charge on any atom is -0.460 e. The smallest absolute Gasteiger partial charge is 0.329 e. The van der Waals surface area contributed by atoms with Crippen molar-refractivity contribution in [1.29, 1.82) is 0 Å². The second-order valence-electron chi connectivity index (χ2n) is 18.3. The minimum absolute atomic E-state index is 0.0429. The monoisotopic (exact) mass is 888 g/mol. The molecule has 2 bridgehead atoms. The lowest BCUT2D eigenvalue weighted by atomic mass is 9.78. The van der Waals surface area contributed by atoms with Crippen LogP contribution < -0.4 is 0 Å². The Bertz CT molecular complexity index is 1570. The number of cyclic esters (lactones) is 1. The Morgan fingerprint density at radius 2 is 1.56 bits per heavy atom. The lowest BCUT2D eigenvalue weighted by Crippen LogP contribution is -2.60. The van der Waals surface area contributed by atoms with Gasteiger partial charge in [0.2, 0.25) is 5.79 Å². The van der Waals surface area contributed by atoms with E-state index in [9.17, 15) is 34.2 Å². The van der Waals surface area contributed by atoms with Gasteiger partial charge in [-0.05, 0) is 108 Å². The van der Waals surface area contributed by atoms with E-state index in [0.717, 1.165) is 32.6 Å². The fraction of sp³-hybridized carbons (Fsp3) is 0.740. The van der Waals surface area contributed by atoms with E-state index >= 15 is 0 Å². The van der Waals surface area contributed by atoms with Crippen molar-refractivity contribution in [2.45, 2.75) is 174 Å². The van der Waals surface area contributed by atoms with Crippen molar-refractivity contribution in [3.8, 4) is 0 Å². The van der Waals surface area contributed by atoms with E-state index in [-0.39, 0.29) is 60.7 Å². The van der Waals surface area contributed by atoms with Crippen molar-refractivity contribution < 1.29 is 58.6 Å². The molecule has 13 nitrogen and oxygen atoms in total. The molecule has 0 aromatic carbocycles. The molecule has 1 amide bonds. The Balaban J connectivity index is 0.00000331.